The summed E-state index contributed by atoms with van der Waals surface area (Å²) in [6, 6.07) is 0.00196. The van der Waals surface area contributed by atoms with Crippen molar-refractivity contribution in [2.75, 3.05) is 26.8 Å². The molecule has 0 radical (unpaired) electrons. The van der Waals surface area contributed by atoms with E-state index in [-0.39, 0.29) is 30.2 Å². The number of amidine groups is 1. The van der Waals surface area contributed by atoms with E-state index in [1.165, 1.54) is 11.9 Å². The number of carbonyl (C=O) groups is 2. The Morgan fingerprint density at radius 1 is 1.43 bits per heavy atom. The van der Waals surface area contributed by atoms with Crippen molar-refractivity contribution in [2.24, 2.45) is 16.3 Å². The van der Waals surface area contributed by atoms with E-state index in [2.05, 4.69) is 10.5 Å². The number of ether oxygens (including phenoxy) is 1. The van der Waals surface area contributed by atoms with Gasteiger partial charge in [-0.2, -0.15) is 0 Å². The number of likely N-dealkylation sites (N-methyl/N-ethyl adjacent to an activating group) is 1. The fourth-order valence-electron chi connectivity index (χ4n) is 2.42. The molecular formula is C13H24N4O4. The Labute approximate surface area is 124 Å². The standard InChI is InChI=1S/C13H24N4O4/c1-9(2)15-10(18)8-17(3)12(19)13(11(14)16-20)4-6-21-7-5-13/h9,20H,4-8H2,1-3H3,(H2,14,16)(H,15,18). The van der Waals surface area contributed by atoms with E-state index >= 15 is 0 Å². The van der Waals surface area contributed by atoms with E-state index in [0.29, 0.717) is 26.1 Å². The van der Waals surface area contributed by atoms with Crippen LogP contribution < -0.4 is 11.1 Å². The minimum atomic E-state index is -1.10. The van der Waals surface area contributed by atoms with E-state index in [1.54, 1.807) is 0 Å². The quantitative estimate of drug-likeness (QED) is 0.274. The van der Waals surface area contributed by atoms with Crippen molar-refractivity contribution >= 4 is 17.6 Å². The van der Waals surface area contributed by atoms with Crippen LogP contribution in [0, 0.1) is 5.41 Å². The maximum Gasteiger partial charge on any atom is 0.239 e. The lowest BCUT2D eigenvalue weighted by atomic mass is 9.77. The highest BCUT2D eigenvalue weighted by Gasteiger charge is 2.46. The molecule has 0 aromatic rings. The summed E-state index contributed by atoms with van der Waals surface area (Å²) in [4.78, 5) is 25.7. The second-order valence-corrected chi connectivity index (χ2v) is 5.56. The maximum atomic E-state index is 12.7. The molecule has 1 rings (SSSR count). The van der Waals surface area contributed by atoms with Gasteiger partial charge in [0.1, 0.15) is 5.41 Å². The fourth-order valence-corrected chi connectivity index (χ4v) is 2.42. The van der Waals surface area contributed by atoms with Crippen LogP contribution in [0.4, 0.5) is 0 Å². The summed E-state index contributed by atoms with van der Waals surface area (Å²) < 4.78 is 5.24. The molecular weight excluding hydrogens is 276 g/mol. The Bertz CT molecular complexity index is 416. The van der Waals surface area contributed by atoms with Gasteiger partial charge in [0.25, 0.3) is 0 Å². The molecule has 0 aliphatic carbocycles. The number of hydrogen-bond donors (Lipinski definition) is 3. The summed E-state index contributed by atoms with van der Waals surface area (Å²) in [7, 11) is 1.53. The number of hydrogen-bond acceptors (Lipinski definition) is 5. The highest BCUT2D eigenvalue weighted by molar-refractivity contribution is 6.07. The molecule has 21 heavy (non-hydrogen) atoms. The SMILES string of the molecule is CC(C)NC(=O)CN(C)C(=O)C1(C(N)=NO)CCOCC1. The Morgan fingerprint density at radius 2 is 2.00 bits per heavy atom. The Morgan fingerprint density at radius 3 is 2.48 bits per heavy atom. The molecule has 0 bridgehead atoms. The Kier molecular flexibility index (Phi) is 5.95. The lowest BCUT2D eigenvalue weighted by Gasteiger charge is -2.37. The van der Waals surface area contributed by atoms with Gasteiger partial charge in [0.2, 0.25) is 11.8 Å². The van der Waals surface area contributed by atoms with Gasteiger partial charge >= 0.3 is 0 Å². The van der Waals surface area contributed by atoms with Gasteiger partial charge in [0.15, 0.2) is 5.84 Å². The van der Waals surface area contributed by atoms with Gasteiger partial charge in [-0.3, -0.25) is 9.59 Å². The summed E-state index contributed by atoms with van der Waals surface area (Å²) >= 11 is 0. The first-order chi connectivity index (χ1) is 9.83. The summed E-state index contributed by atoms with van der Waals surface area (Å²) in [5.74, 6) is -0.713. The van der Waals surface area contributed by atoms with Crippen LogP contribution in [0.3, 0.4) is 0 Å². The zero-order valence-electron chi connectivity index (χ0n) is 12.8. The zero-order valence-corrected chi connectivity index (χ0v) is 12.8. The Balaban J connectivity index is 2.83. The first-order valence-corrected chi connectivity index (χ1v) is 6.94. The van der Waals surface area contributed by atoms with Crippen molar-refractivity contribution in [3.05, 3.63) is 0 Å². The highest BCUT2D eigenvalue weighted by Crippen LogP contribution is 2.32. The lowest BCUT2D eigenvalue weighted by Crippen LogP contribution is -2.54. The van der Waals surface area contributed by atoms with Crippen LogP contribution in [0.25, 0.3) is 0 Å². The van der Waals surface area contributed by atoms with E-state index in [9.17, 15) is 9.59 Å². The average Bonchev–Trinajstić information content (AvgIpc) is 2.45. The largest absolute Gasteiger partial charge is 0.409 e. The second kappa shape index (κ2) is 7.26. The van der Waals surface area contributed by atoms with Crippen LogP contribution in [0.2, 0.25) is 0 Å². The third-order valence-electron chi connectivity index (χ3n) is 3.53. The number of carbonyl (C=O) groups excluding carboxylic acids is 2. The van der Waals surface area contributed by atoms with Gasteiger partial charge in [0, 0.05) is 26.3 Å². The molecule has 8 heteroatoms. The number of nitrogens with one attached hydrogen (secondary N) is 1. The van der Waals surface area contributed by atoms with Crippen molar-refractivity contribution in [3.8, 4) is 0 Å². The van der Waals surface area contributed by atoms with Gasteiger partial charge in [-0.15, -0.1) is 0 Å². The molecule has 0 unspecified atom stereocenters. The molecule has 1 saturated heterocycles. The molecule has 0 aromatic carbocycles. The van der Waals surface area contributed by atoms with E-state index < -0.39 is 5.41 Å². The van der Waals surface area contributed by atoms with Gasteiger partial charge in [-0.05, 0) is 26.7 Å². The first kappa shape index (κ1) is 17.2. The van der Waals surface area contributed by atoms with E-state index in [1.807, 2.05) is 13.8 Å². The molecule has 1 fully saturated rings. The van der Waals surface area contributed by atoms with Crippen LogP contribution in [-0.4, -0.2) is 60.6 Å². The third kappa shape index (κ3) is 4.07. The van der Waals surface area contributed by atoms with Gasteiger partial charge < -0.3 is 25.9 Å². The van der Waals surface area contributed by atoms with Crippen molar-refractivity contribution in [1.29, 1.82) is 0 Å². The molecule has 0 atom stereocenters. The minimum absolute atomic E-state index is 0.00196. The third-order valence-corrected chi connectivity index (χ3v) is 3.53. The van der Waals surface area contributed by atoms with Crippen LogP contribution in [0.1, 0.15) is 26.7 Å². The Hall–Kier alpha value is -1.83. The molecule has 0 spiro atoms. The van der Waals surface area contributed by atoms with Crippen molar-refractivity contribution < 1.29 is 19.5 Å². The number of amides is 2. The summed E-state index contributed by atoms with van der Waals surface area (Å²) in [6.45, 7) is 4.33. The number of oxime groups is 1. The van der Waals surface area contributed by atoms with Crippen LogP contribution in [-0.2, 0) is 14.3 Å². The average molecular weight is 300 g/mol. The van der Waals surface area contributed by atoms with Crippen molar-refractivity contribution in [2.45, 2.75) is 32.7 Å². The normalized spacial score (nSPS) is 18.4. The molecule has 0 saturated carbocycles. The van der Waals surface area contributed by atoms with Crippen molar-refractivity contribution in [3.63, 3.8) is 0 Å². The van der Waals surface area contributed by atoms with Gasteiger partial charge in [-0.1, -0.05) is 5.16 Å². The van der Waals surface area contributed by atoms with E-state index in [0.717, 1.165) is 0 Å². The lowest BCUT2D eigenvalue weighted by molar-refractivity contribution is -0.144. The predicted molar refractivity (Wildman–Crippen MR) is 76.8 cm³/mol. The smallest absolute Gasteiger partial charge is 0.239 e. The molecule has 1 aliphatic rings. The summed E-state index contributed by atoms with van der Waals surface area (Å²) in [5, 5.41) is 14.7. The second-order valence-electron chi connectivity index (χ2n) is 5.56. The molecule has 2 amide bonds. The monoisotopic (exact) mass is 300 g/mol. The predicted octanol–water partition coefficient (Wildman–Crippen LogP) is -0.487. The van der Waals surface area contributed by atoms with E-state index in [4.69, 9.17) is 15.7 Å². The van der Waals surface area contributed by atoms with Crippen LogP contribution in [0.15, 0.2) is 5.16 Å². The minimum Gasteiger partial charge on any atom is -0.409 e. The fraction of sp³-hybridized carbons (Fsp3) is 0.769. The number of rotatable bonds is 5. The van der Waals surface area contributed by atoms with Gasteiger partial charge in [0.05, 0.1) is 6.54 Å². The van der Waals surface area contributed by atoms with Crippen LogP contribution >= 0.6 is 0 Å². The highest BCUT2D eigenvalue weighted by atomic mass is 16.5. The number of nitrogens with two attached hydrogens (primary N) is 1. The van der Waals surface area contributed by atoms with Crippen LogP contribution in [0.5, 0.6) is 0 Å². The van der Waals surface area contributed by atoms with Crippen molar-refractivity contribution in [1.82, 2.24) is 10.2 Å². The maximum absolute atomic E-state index is 12.7. The zero-order chi connectivity index (χ0) is 16.0. The topological polar surface area (TPSA) is 117 Å². The summed E-state index contributed by atoms with van der Waals surface area (Å²) in [6.07, 6.45) is 0.662. The molecule has 8 nitrogen and oxygen atoms in total. The summed E-state index contributed by atoms with van der Waals surface area (Å²) in [5.41, 5.74) is 4.63. The molecule has 120 valence electrons. The molecule has 4 N–H and O–H groups in total. The molecule has 1 aliphatic heterocycles. The molecule has 1 heterocycles. The van der Waals surface area contributed by atoms with Gasteiger partial charge in [-0.25, -0.2) is 0 Å². The molecule has 0 aromatic heterocycles. The first-order valence-electron chi connectivity index (χ1n) is 6.94. The number of nitrogens with zero attached hydrogens (tertiary/aromatic N) is 2.